The second-order valence-electron chi connectivity index (χ2n) is 9.08. The number of ether oxygens (including phenoxy) is 3. The zero-order valence-corrected chi connectivity index (χ0v) is 22.9. The summed E-state index contributed by atoms with van der Waals surface area (Å²) in [4.78, 5) is 11.6. The van der Waals surface area contributed by atoms with Crippen LogP contribution in [-0.2, 0) is 21.3 Å². The van der Waals surface area contributed by atoms with Gasteiger partial charge in [0, 0.05) is 30.8 Å². The summed E-state index contributed by atoms with van der Waals surface area (Å²) < 4.78 is 41.1. The Morgan fingerprint density at radius 2 is 1.64 bits per heavy atom. The van der Waals surface area contributed by atoms with Gasteiger partial charge in [0.15, 0.2) is 0 Å². The van der Waals surface area contributed by atoms with Gasteiger partial charge in [-0.1, -0.05) is 31.2 Å². The predicted octanol–water partition coefficient (Wildman–Crippen LogP) is 3.26. The van der Waals surface area contributed by atoms with Crippen molar-refractivity contribution in [3.63, 3.8) is 0 Å². The number of aliphatic hydroxyl groups excluding tert-OH is 1. The van der Waals surface area contributed by atoms with Crippen LogP contribution in [0, 0.1) is 0 Å². The monoisotopic (exact) mass is 558 g/mol. The molecule has 3 rings (SSSR count). The Hall–Kier alpha value is -3.80. The Morgan fingerprint density at radius 3 is 2.31 bits per heavy atom. The number of rotatable bonds is 14. The van der Waals surface area contributed by atoms with Gasteiger partial charge in [-0.15, -0.1) is 0 Å². The van der Waals surface area contributed by atoms with Crippen molar-refractivity contribution in [1.82, 2.24) is 5.32 Å². The molecule has 0 bridgehead atoms. The summed E-state index contributed by atoms with van der Waals surface area (Å²) in [5.41, 5.74) is 2.63. The van der Waals surface area contributed by atoms with Gasteiger partial charge >= 0.3 is 5.97 Å². The molecule has 210 valence electrons. The molecule has 3 aromatic rings. The minimum atomic E-state index is -3.35. The van der Waals surface area contributed by atoms with Crippen molar-refractivity contribution in [1.29, 1.82) is 0 Å². The maximum atomic E-state index is 11.6. The van der Waals surface area contributed by atoms with E-state index in [-0.39, 0.29) is 23.8 Å². The Labute approximate surface area is 228 Å². The predicted molar refractivity (Wildman–Crippen MR) is 148 cm³/mol. The highest BCUT2D eigenvalue weighted by molar-refractivity contribution is 7.92. The third kappa shape index (κ3) is 9.47. The van der Waals surface area contributed by atoms with Crippen molar-refractivity contribution in [3.8, 4) is 17.2 Å². The molecule has 0 saturated carbocycles. The van der Waals surface area contributed by atoms with Crippen LogP contribution in [0.5, 0.6) is 17.2 Å². The van der Waals surface area contributed by atoms with E-state index in [4.69, 9.17) is 9.47 Å². The quantitative estimate of drug-likeness (QED) is 0.219. The highest BCUT2D eigenvalue weighted by Crippen LogP contribution is 2.26. The molecule has 11 heteroatoms. The smallest absolute Gasteiger partial charge is 0.341 e. The molecular weight excluding hydrogens is 524 g/mol. The molecule has 0 aliphatic carbocycles. The number of aliphatic hydroxyl groups is 1. The summed E-state index contributed by atoms with van der Waals surface area (Å²) in [7, 11) is -2.10. The molecule has 10 nitrogen and oxygen atoms in total. The second-order valence-corrected chi connectivity index (χ2v) is 10.8. The summed E-state index contributed by atoms with van der Waals surface area (Å²) in [6.07, 6.45) is 0.321. The first kappa shape index (κ1) is 29.8. The Kier molecular flexibility index (Phi) is 10.6. The van der Waals surface area contributed by atoms with E-state index in [0.717, 1.165) is 17.4 Å². The maximum absolute atomic E-state index is 11.6. The molecule has 0 radical (unpaired) electrons. The largest absolute Gasteiger partial charge is 0.507 e. The molecule has 0 fully saturated rings. The molecule has 4 N–H and O–H groups in total. The average molecular weight is 559 g/mol. The van der Waals surface area contributed by atoms with Gasteiger partial charge in [-0.2, -0.15) is 0 Å². The number of sulfonamides is 1. The second kappa shape index (κ2) is 13.8. The number of hydrogen-bond donors (Lipinski definition) is 4. The lowest BCUT2D eigenvalue weighted by atomic mass is 9.96. The van der Waals surface area contributed by atoms with E-state index in [9.17, 15) is 23.4 Å². The van der Waals surface area contributed by atoms with Gasteiger partial charge in [-0.25, -0.2) is 13.2 Å². The van der Waals surface area contributed by atoms with Crippen molar-refractivity contribution in [2.75, 3.05) is 37.8 Å². The molecule has 0 spiro atoms. The molecule has 0 heterocycles. The molecule has 0 aliphatic rings. The van der Waals surface area contributed by atoms with Crippen LogP contribution < -0.4 is 19.5 Å². The van der Waals surface area contributed by atoms with Gasteiger partial charge in [-0.3, -0.25) is 4.72 Å². The first-order valence-electron chi connectivity index (χ1n) is 12.3. The summed E-state index contributed by atoms with van der Waals surface area (Å²) in [5.74, 6) is 0.148. The molecule has 0 aliphatic heterocycles. The van der Waals surface area contributed by atoms with Crippen molar-refractivity contribution in [3.05, 3.63) is 83.4 Å². The van der Waals surface area contributed by atoms with E-state index in [0.29, 0.717) is 36.9 Å². The van der Waals surface area contributed by atoms with E-state index in [1.807, 2.05) is 31.2 Å². The lowest BCUT2D eigenvalue weighted by Crippen LogP contribution is -2.31. The van der Waals surface area contributed by atoms with E-state index < -0.39 is 22.1 Å². The van der Waals surface area contributed by atoms with Gasteiger partial charge in [0.25, 0.3) is 0 Å². The zero-order chi connectivity index (χ0) is 28.4. The summed E-state index contributed by atoms with van der Waals surface area (Å²) >= 11 is 0. The average Bonchev–Trinajstić information content (AvgIpc) is 2.90. The molecule has 0 saturated heterocycles. The zero-order valence-electron chi connectivity index (χ0n) is 22.1. The van der Waals surface area contributed by atoms with E-state index in [2.05, 4.69) is 14.8 Å². The third-order valence-corrected chi connectivity index (χ3v) is 6.36. The van der Waals surface area contributed by atoms with Gasteiger partial charge in [0.1, 0.15) is 35.5 Å². The first-order valence-corrected chi connectivity index (χ1v) is 14.2. The number of aromatic hydroxyl groups is 1. The van der Waals surface area contributed by atoms with Crippen LogP contribution in [-0.4, -0.2) is 63.8 Å². The maximum Gasteiger partial charge on any atom is 0.341 e. The van der Waals surface area contributed by atoms with Crippen molar-refractivity contribution < 1.29 is 37.6 Å². The van der Waals surface area contributed by atoms with Gasteiger partial charge in [0.05, 0.1) is 20.0 Å². The van der Waals surface area contributed by atoms with Crippen molar-refractivity contribution in [2.45, 2.75) is 25.5 Å². The highest BCUT2D eigenvalue weighted by Gasteiger charge is 2.15. The fourth-order valence-corrected chi connectivity index (χ4v) is 4.39. The summed E-state index contributed by atoms with van der Waals surface area (Å²) in [6.45, 7) is 3.28. The molecule has 0 aromatic heterocycles. The molecular formula is C28H34N2O8S. The summed E-state index contributed by atoms with van der Waals surface area (Å²) in [5, 5.41) is 23.6. The van der Waals surface area contributed by atoms with Crippen LogP contribution >= 0.6 is 0 Å². The van der Waals surface area contributed by atoms with Crippen LogP contribution in [0.1, 0.15) is 34.3 Å². The normalized spacial score (nSPS) is 12.8. The number of anilines is 1. The molecule has 2 unspecified atom stereocenters. The number of carbonyl (C=O) groups excluding carboxylic acids is 1. The first-order chi connectivity index (χ1) is 18.6. The third-order valence-electron chi connectivity index (χ3n) is 5.76. The minimum Gasteiger partial charge on any atom is -0.507 e. The van der Waals surface area contributed by atoms with Crippen LogP contribution in [0.15, 0.2) is 66.7 Å². The Balaban J connectivity index is 1.47. The fraction of sp³-hybridized carbons (Fsp3) is 0.321. The van der Waals surface area contributed by atoms with Gasteiger partial charge < -0.3 is 29.7 Å². The SMILES string of the molecule is COC(=O)c1ccc(OCC(C)c2ccccc2CNCC(O)COc2ccc(NS(C)(=O)=O)cc2)cc1O. The topological polar surface area (TPSA) is 143 Å². The van der Waals surface area contributed by atoms with Gasteiger partial charge in [0.2, 0.25) is 10.0 Å². The van der Waals surface area contributed by atoms with Crippen LogP contribution in [0.25, 0.3) is 0 Å². The number of benzene rings is 3. The number of carbonyl (C=O) groups is 1. The van der Waals surface area contributed by atoms with Crippen molar-refractivity contribution >= 4 is 21.7 Å². The molecule has 0 amide bonds. The van der Waals surface area contributed by atoms with E-state index in [1.165, 1.54) is 19.2 Å². The fourth-order valence-electron chi connectivity index (χ4n) is 3.83. The van der Waals surface area contributed by atoms with Gasteiger partial charge in [-0.05, 0) is 47.5 Å². The lowest BCUT2D eigenvalue weighted by Gasteiger charge is -2.19. The van der Waals surface area contributed by atoms with Crippen LogP contribution in [0.3, 0.4) is 0 Å². The number of phenols is 1. The number of esters is 1. The van der Waals surface area contributed by atoms with Crippen LogP contribution in [0.2, 0.25) is 0 Å². The van der Waals surface area contributed by atoms with Crippen molar-refractivity contribution in [2.24, 2.45) is 0 Å². The van der Waals surface area contributed by atoms with E-state index in [1.54, 1.807) is 30.3 Å². The standard InChI is InChI=1S/C28H34N2O8S/c1-19(17-37-24-12-13-26(27(32)14-24)28(33)36-2)25-7-5-4-6-20(25)15-29-16-22(31)18-38-23-10-8-21(9-11-23)30-39(3,34)35/h4-14,19,22,29-32H,15-18H2,1-3H3. The minimum absolute atomic E-state index is 0.0267. The Bertz CT molecular complexity index is 1350. The van der Waals surface area contributed by atoms with Crippen LogP contribution in [0.4, 0.5) is 5.69 Å². The molecule has 3 aromatic carbocycles. The van der Waals surface area contributed by atoms with E-state index >= 15 is 0 Å². The highest BCUT2D eigenvalue weighted by atomic mass is 32.2. The lowest BCUT2D eigenvalue weighted by molar-refractivity contribution is 0.0597. The number of nitrogens with one attached hydrogen (secondary N) is 2. The summed E-state index contributed by atoms with van der Waals surface area (Å²) in [6, 6.07) is 18.8. The molecule has 39 heavy (non-hydrogen) atoms. The number of methoxy groups -OCH3 is 1. The number of phenolic OH excluding ortho intramolecular Hbond substituents is 1. The molecule has 2 atom stereocenters. The Morgan fingerprint density at radius 1 is 0.974 bits per heavy atom. The number of hydrogen-bond acceptors (Lipinski definition) is 9.